The maximum absolute atomic E-state index is 11.7. The van der Waals surface area contributed by atoms with E-state index in [-0.39, 0.29) is 26.1 Å². The highest BCUT2D eigenvalue weighted by Gasteiger charge is 2.19. The molecule has 8 nitrogen and oxygen atoms in total. The lowest BCUT2D eigenvalue weighted by Gasteiger charge is -2.22. The van der Waals surface area contributed by atoms with E-state index >= 15 is 0 Å². The summed E-state index contributed by atoms with van der Waals surface area (Å²) >= 11 is 0. The predicted molar refractivity (Wildman–Crippen MR) is 97.5 cm³/mol. The molecular formula is C18H32N2O6. The number of alkyl carbamates (subject to hydrolysis) is 2. The highest BCUT2D eigenvalue weighted by Crippen LogP contribution is 2.08. The number of carbonyl (C=O) groups is 2. The summed E-state index contributed by atoms with van der Waals surface area (Å²) in [5.74, 6) is 5.61. The van der Waals surface area contributed by atoms with Crippen molar-refractivity contribution in [3.63, 3.8) is 0 Å². The van der Waals surface area contributed by atoms with E-state index in [1.54, 1.807) is 41.5 Å². The van der Waals surface area contributed by atoms with Crippen molar-refractivity contribution in [1.29, 1.82) is 0 Å². The molecule has 0 saturated heterocycles. The van der Waals surface area contributed by atoms with Gasteiger partial charge in [0.05, 0.1) is 25.3 Å². The molecule has 0 aliphatic rings. The molecule has 0 spiro atoms. The van der Waals surface area contributed by atoms with E-state index in [1.807, 2.05) is 0 Å². The van der Waals surface area contributed by atoms with E-state index in [0.717, 1.165) is 0 Å². The predicted octanol–water partition coefficient (Wildman–Crippen LogP) is 1.54. The van der Waals surface area contributed by atoms with Gasteiger partial charge in [0.25, 0.3) is 0 Å². The lowest BCUT2D eigenvalue weighted by atomic mass is 10.2. The molecule has 8 heteroatoms. The zero-order chi connectivity index (χ0) is 20.4. The van der Waals surface area contributed by atoms with Gasteiger partial charge in [-0.1, -0.05) is 0 Å². The minimum absolute atomic E-state index is 0.209. The lowest BCUT2D eigenvalue weighted by molar-refractivity contribution is 0.0473. The molecule has 26 heavy (non-hydrogen) atoms. The quantitative estimate of drug-likeness (QED) is 0.526. The van der Waals surface area contributed by atoms with Gasteiger partial charge in [-0.15, -0.1) is 11.8 Å². The first-order chi connectivity index (χ1) is 11.9. The lowest BCUT2D eigenvalue weighted by Crippen LogP contribution is -2.41. The highest BCUT2D eigenvalue weighted by molar-refractivity contribution is 5.68. The van der Waals surface area contributed by atoms with Crippen LogP contribution in [0.15, 0.2) is 0 Å². The molecule has 0 rings (SSSR count). The van der Waals surface area contributed by atoms with Gasteiger partial charge < -0.3 is 30.3 Å². The van der Waals surface area contributed by atoms with Gasteiger partial charge in [0, 0.05) is 12.8 Å². The van der Waals surface area contributed by atoms with Crippen LogP contribution in [-0.4, -0.2) is 58.9 Å². The monoisotopic (exact) mass is 372 g/mol. The Balaban J connectivity index is 4.41. The third-order valence-corrected chi connectivity index (χ3v) is 2.70. The molecular weight excluding hydrogens is 340 g/mol. The van der Waals surface area contributed by atoms with Crippen LogP contribution < -0.4 is 10.6 Å². The average molecular weight is 372 g/mol. The Kier molecular flexibility index (Phi) is 10.1. The molecule has 2 amide bonds. The molecule has 0 fully saturated rings. The zero-order valence-corrected chi connectivity index (χ0v) is 16.5. The maximum atomic E-state index is 11.7. The first-order valence-corrected chi connectivity index (χ1v) is 8.52. The molecule has 0 aromatic carbocycles. The highest BCUT2D eigenvalue weighted by atomic mass is 16.6. The zero-order valence-electron chi connectivity index (χ0n) is 16.5. The minimum atomic E-state index is -0.628. The van der Waals surface area contributed by atoms with Gasteiger partial charge >= 0.3 is 12.2 Å². The normalized spacial score (nSPS) is 13.7. The first-order valence-electron chi connectivity index (χ1n) is 8.52. The van der Waals surface area contributed by atoms with Crippen molar-refractivity contribution in [2.75, 3.05) is 13.2 Å². The van der Waals surface area contributed by atoms with Gasteiger partial charge in [0.2, 0.25) is 0 Å². The molecule has 4 N–H and O–H groups in total. The summed E-state index contributed by atoms with van der Waals surface area (Å²) in [5.41, 5.74) is -1.26. The largest absolute Gasteiger partial charge is 0.444 e. The number of aliphatic hydroxyl groups excluding tert-OH is 2. The molecule has 0 aliphatic heterocycles. The van der Waals surface area contributed by atoms with E-state index in [4.69, 9.17) is 9.47 Å². The van der Waals surface area contributed by atoms with E-state index in [9.17, 15) is 19.8 Å². The summed E-state index contributed by atoms with van der Waals surface area (Å²) in [5, 5.41) is 23.7. The van der Waals surface area contributed by atoms with E-state index in [1.165, 1.54) is 0 Å². The number of rotatable bonds is 6. The summed E-state index contributed by atoms with van der Waals surface area (Å²) in [6.07, 6.45) is -0.836. The summed E-state index contributed by atoms with van der Waals surface area (Å²) in [6, 6.07) is -1.13. The second kappa shape index (κ2) is 10.9. The molecule has 0 unspecified atom stereocenters. The molecule has 2 atom stereocenters. The van der Waals surface area contributed by atoms with Crippen LogP contribution >= 0.6 is 0 Å². The standard InChI is InChI=1S/C18H32N2O6/c1-17(2,3)25-15(23)19-13(11-21)9-7-8-10-14(12-22)20-16(24)26-18(4,5)6/h13-14,21-22H,9-12H2,1-6H3,(H,19,23)(H,20,24)/t13-,14-/m0/s1. The van der Waals surface area contributed by atoms with Crippen molar-refractivity contribution in [2.45, 2.75) is 77.7 Å². The topological polar surface area (TPSA) is 117 Å². The third-order valence-electron chi connectivity index (χ3n) is 2.70. The number of aliphatic hydroxyl groups is 2. The van der Waals surface area contributed by atoms with Crippen molar-refractivity contribution in [1.82, 2.24) is 10.6 Å². The summed E-state index contributed by atoms with van der Waals surface area (Å²) < 4.78 is 10.2. The Labute approximate surface area is 155 Å². The third kappa shape index (κ3) is 13.3. The van der Waals surface area contributed by atoms with Crippen LogP contribution in [0.2, 0.25) is 0 Å². The van der Waals surface area contributed by atoms with E-state index < -0.39 is 35.5 Å². The fourth-order valence-corrected chi connectivity index (χ4v) is 1.66. The number of ether oxygens (including phenoxy) is 2. The van der Waals surface area contributed by atoms with Gasteiger partial charge in [-0.2, -0.15) is 0 Å². The molecule has 0 aromatic rings. The van der Waals surface area contributed by atoms with Crippen LogP contribution in [0.1, 0.15) is 54.4 Å². The van der Waals surface area contributed by atoms with Crippen molar-refractivity contribution < 1.29 is 29.3 Å². The Hall–Kier alpha value is -1.98. The van der Waals surface area contributed by atoms with Crippen molar-refractivity contribution in [2.24, 2.45) is 0 Å². The van der Waals surface area contributed by atoms with Crippen molar-refractivity contribution in [3.8, 4) is 11.8 Å². The van der Waals surface area contributed by atoms with Crippen molar-refractivity contribution in [3.05, 3.63) is 0 Å². The molecule has 0 bridgehead atoms. The number of amides is 2. The second-order valence-corrected chi connectivity index (χ2v) is 7.81. The Morgan fingerprint density at radius 1 is 0.808 bits per heavy atom. The van der Waals surface area contributed by atoms with Crippen LogP contribution in [0.25, 0.3) is 0 Å². The molecule has 150 valence electrons. The Bertz CT molecular complexity index is 466. The number of hydrogen-bond donors (Lipinski definition) is 4. The summed E-state index contributed by atoms with van der Waals surface area (Å²) in [4.78, 5) is 23.3. The molecule has 0 radical (unpaired) electrons. The molecule has 0 aliphatic carbocycles. The van der Waals surface area contributed by atoms with Gasteiger partial charge in [0.1, 0.15) is 11.2 Å². The first kappa shape index (κ1) is 24.0. The fraction of sp³-hybridized carbons (Fsp3) is 0.778. The van der Waals surface area contributed by atoms with Gasteiger partial charge in [-0.05, 0) is 41.5 Å². The SMILES string of the molecule is CC(C)(C)OC(=O)N[C@H](CO)CC#CC[C@@H](CO)NC(=O)OC(C)(C)C. The molecule has 0 heterocycles. The van der Waals surface area contributed by atoms with Crippen LogP contribution in [0.4, 0.5) is 9.59 Å². The molecule has 0 saturated carbocycles. The summed E-state index contributed by atoms with van der Waals surface area (Å²) in [6.45, 7) is 9.89. The second-order valence-electron chi connectivity index (χ2n) is 7.81. The van der Waals surface area contributed by atoms with Crippen LogP contribution in [0, 0.1) is 11.8 Å². The van der Waals surface area contributed by atoms with Gasteiger partial charge in [-0.25, -0.2) is 9.59 Å². The number of hydrogen-bond acceptors (Lipinski definition) is 6. The van der Waals surface area contributed by atoms with E-state index in [2.05, 4.69) is 22.5 Å². The summed E-state index contributed by atoms with van der Waals surface area (Å²) in [7, 11) is 0. The van der Waals surface area contributed by atoms with Crippen LogP contribution in [0.3, 0.4) is 0 Å². The van der Waals surface area contributed by atoms with Crippen LogP contribution in [-0.2, 0) is 9.47 Å². The van der Waals surface area contributed by atoms with Crippen molar-refractivity contribution >= 4 is 12.2 Å². The van der Waals surface area contributed by atoms with Gasteiger partial charge in [-0.3, -0.25) is 0 Å². The minimum Gasteiger partial charge on any atom is -0.444 e. The Morgan fingerprint density at radius 2 is 1.12 bits per heavy atom. The van der Waals surface area contributed by atoms with E-state index in [0.29, 0.717) is 0 Å². The number of carbonyl (C=O) groups excluding carboxylic acids is 2. The smallest absolute Gasteiger partial charge is 0.407 e. The Morgan fingerprint density at radius 3 is 1.35 bits per heavy atom. The van der Waals surface area contributed by atoms with Gasteiger partial charge in [0.15, 0.2) is 0 Å². The number of nitrogens with one attached hydrogen (secondary N) is 2. The van der Waals surface area contributed by atoms with Crippen LogP contribution in [0.5, 0.6) is 0 Å². The molecule has 0 aromatic heterocycles. The maximum Gasteiger partial charge on any atom is 0.407 e. The fourth-order valence-electron chi connectivity index (χ4n) is 1.66. The average Bonchev–Trinajstić information content (AvgIpc) is 2.45.